The van der Waals surface area contributed by atoms with Gasteiger partial charge in [0.25, 0.3) is 0 Å². The number of hydrogen-bond acceptors (Lipinski definition) is 3. The quantitative estimate of drug-likeness (QED) is 0.923. The van der Waals surface area contributed by atoms with Gasteiger partial charge in [-0.2, -0.15) is 16.9 Å². The Morgan fingerprint density at radius 3 is 2.78 bits per heavy atom. The molecule has 2 atom stereocenters. The number of rotatable bonds is 4. The van der Waals surface area contributed by atoms with Gasteiger partial charge in [-0.05, 0) is 26.0 Å². The number of aryl methyl sites for hydroxylation is 2. The molecule has 2 rings (SSSR count). The van der Waals surface area contributed by atoms with E-state index in [0.717, 1.165) is 28.2 Å². The molecule has 0 aromatic carbocycles. The lowest BCUT2D eigenvalue weighted by Gasteiger charge is -2.31. The van der Waals surface area contributed by atoms with Gasteiger partial charge in [0.05, 0.1) is 16.4 Å². The average Bonchev–Trinajstić information content (AvgIpc) is 2.62. The summed E-state index contributed by atoms with van der Waals surface area (Å²) in [6, 6.07) is 0.611. The third-order valence-corrected chi connectivity index (χ3v) is 5.46. The molecule has 5 heteroatoms. The Morgan fingerprint density at radius 1 is 1.44 bits per heavy atom. The van der Waals surface area contributed by atoms with Crippen LogP contribution in [0.3, 0.4) is 0 Å². The van der Waals surface area contributed by atoms with E-state index in [0.29, 0.717) is 6.04 Å². The molecule has 0 amide bonds. The number of aromatic nitrogens is 2. The molecule has 1 N–H and O–H groups in total. The van der Waals surface area contributed by atoms with Gasteiger partial charge in [-0.25, -0.2) is 0 Å². The predicted molar refractivity (Wildman–Crippen MR) is 79.4 cm³/mol. The van der Waals surface area contributed by atoms with Crippen molar-refractivity contribution in [3.05, 3.63) is 16.4 Å². The maximum absolute atomic E-state index is 6.27. The van der Waals surface area contributed by atoms with Crippen molar-refractivity contribution in [2.45, 2.75) is 50.4 Å². The average molecular weight is 288 g/mol. The molecule has 2 unspecified atom stereocenters. The summed E-state index contributed by atoms with van der Waals surface area (Å²) in [5, 5.41) is 9.57. The SMILES string of the molecule is CSC1CCCCC1NCc1c(Cl)c(C)nn1C. The van der Waals surface area contributed by atoms with E-state index >= 15 is 0 Å². The van der Waals surface area contributed by atoms with Crippen LogP contribution in [0.2, 0.25) is 5.02 Å². The van der Waals surface area contributed by atoms with E-state index < -0.39 is 0 Å². The molecule has 1 aromatic heterocycles. The first-order chi connectivity index (χ1) is 8.63. The maximum atomic E-state index is 6.27. The summed E-state index contributed by atoms with van der Waals surface area (Å²) in [5.41, 5.74) is 2.01. The Morgan fingerprint density at radius 2 is 2.17 bits per heavy atom. The first-order valence-corrected chi connectivity index (χ1v) is 8.24. The summed E-state index contributed by atoms with van der Waals surface area (Å²) in [6.07, 6.45) is 7.53. The normalized spacial score (nSPS) is 24.4. The zero-order valence-electron chi connectivity index (χ0n) is 11.4. The smallest absolute Gasteiger partial charge is 0.0860 e. The van der Waals surface area contributed by atoms with Crippen LogP contribution in [-0.4, -0.2) is 27.3 Å². The van der Waals surface area contributed by atoms with Crippen LogP contribution in [0.4, 0.5) is 0 Å². The van der Waals surface area contributed by atoms with Gasteiger partial charge >= 0.3 is 0 Å². The third-order valence-electron chi connectivity index (χ3n) is 3.80. The number of nitrogens with one attached hydrogen (secondary N) is 1. The predicted octanol–water partition coefficient (Wildman–Crippen LogP) is 3.15. The van der Waals surface area contributed by atoms with Crippen LogP contribution in [0.5, 0.6) is 0 Å². The van der Waals surface area contributed by atoms with Gasteiger partial charge in [0.2, 0.25) is 0 Å². The highest BCUT2D eigenvalue weighted by Crippen LogP contribution is 2.28. The highest BCUT2D eigenvalue weighted by Gasteiger charge is 2.24. The highest BCUT2D eigenvalue weighted by atomic mass is 35.5. The van der Waals surface area contributed by atoms with Gasteiger partial charge in [0.15, 0.2) is 0 Å². The number of halogens is 1. The van der Waals surface area contributed by atoms with Crippen molar-refractivity contribution >= 4 is 23.4 Å². The Balaban J connectivity index is 1.98. The van der Waals surface area contributed by atoms with Crippen molar-refractivity contribution in [1.82, 2.24) is 15.1 Å². The van der Waals surface area contributed by atoms with E-state index in [1.165, 1.54) is 25.7 Å². The minimum absolute atomic E-state index is 0.611. The summed E-state index contributed by atoms with van der Waals surface area (Å²) in [4.78, 5) is 0. The van der Waals surface area contributed by atoms with Gasteiger partial charge in [0, 0.05) is 24.9 Å². The van der Waals surface area contributed by atoms with E-state index in [-0.39, 0.29) is 0 Å². The van der Waals surface area contributed by atoms with Crippen molar-refractivity contribution in [1.29, 1.82) is 0 Å². The van der Waals surface area contributed by atoms with Crippen LogP contribution >= 0.6 is 23.4 Å². The van der Waals surface area contributed by atoms with E-state index in [2.05, 4.69) is 16.7 Å². The summed E-state index contributed by atoms with van der Waals surface area (Å²) < 4.78 is 1.89. The van der Waals surface area contributed by atoms with E-state index in [1.807, 2.05) is 30.4 Å². The zero-order chi connectivity index (χ0) is 13.1. The Kier molecular flexibility index (Phi) is 4.98. The Labute approximate surface area is 119 Å². The van der Waals surface area contributed by atoms with Crippen molar-refractivity contribution in [3.63, 3.8) is 0 Å². The lowest BCUT2D eigenvalue weighted by atomic mass is 9.95. The van der Waals surface area contributed by atoms with E-state index in [9.17, 15) is 0 Å². The molecule has 1 aliphatic carbocycles. The molecular weight excluding hydrogens is 266 g/mol. The molecule has 0 radical (unpaired) electrons. The van der Waals surface area contributed by atoms with Crippen LogP contribution in [0.15, 0.2) is 0 Å². The largest absolute Gasteiger partial charge is 0.307 e. The molecule has 3 nitrogen and oxygen atoms in total. The lowest BCUT2D eigenvalue weighted by Crippen LogP contribution is -2.40. The molecule has 0 spiro atoms. The summed E-state index contributed by atoms with van der Waals surface area (Å²) in [5.74, 6) is 0. The zero-order valence-corrected chi connectivity index (χ0v) is 12.9. The van der Waals surface area contributed by atoms with Crippen LogP contribution in [0, 0.1) is 6.92 Å². The molecule has 1 saturated carbocycles. The van der Waals surface area contributed by atoms with Crippen molar-refractivity contribution in [2.24, 2.45) is 7.05 Å². The topological polar surface area (TPSA) is 29.9 Å². The summed E-state index contributed by atoms with van der Waals surface area (Å²) >= 11 is 8.26. The standard InChI is InChI=1S/C13H22ClN3S/c1-9-13(14)11(17(2)16-9)8-15-10-6-4-5-7-12(10)18-3/h10,12,15H,4-8H2,1-3H3. The minimum Gasteiger partial charge on any atom is -0.307 e. The van der Waals surface area contributed by atoms with Crippen LogP contribution in [0.25, 0.3) is 0 Å². The first-order valence-electron chi connectivity index (χ1n) is 6.57. The Bertz CT molecular complexity index is 405. The van der Waals surface area contributed by atoms with Crippen molar-refractivity contribution < 1.29 is 0 Å². The van der Waals surface area contributed by atoms with Crippen molar-refractivity contribution in [3.8, 4) is 0 Å². The number of thioether (sulfide) groups is 1. The maximum Gasteiger partial charge on any atom is 0.0860 e. The lowest BCUT2D eigenvalue weighted by molar-refractivity contribution is 0.379. The second-order valence-electron chi connectivity index (χ2n) is 5.02. The molecule has 102 valence electrons. The molecule has 1 aromatic rings. The van der Waals surface area contributed by atoms with Gasteiger partial charge in [-0.3, -0.25) is 4.68 Å². The van der Waals surface area contributed by atoms with Crippen LogP contribution in [-0.2, 0) is 13.6 Å². The minimum atomic E-state index is 0.611. The van der Waals surface area contributed by atoms with E-state index in [4.69, 9.17) is 11.6 Å². The fourth-order valence-corrected chi connectivity index (χ4v) is 3.90. The monoisotopic (exact) mass is 287 g/mol. The van der Waals surface area contributed by atoms with Gasteiger partial charge < -0.3 is 5.32 Å². The summed E-state index contributed by atoms with van der Waals surface area (Å²) in [6.45, 7) is 2.77. The molecule has 0 bridgehead atoms. The van der Waals surface area contributed by atoms with E-state index in [1.54, 1.807) is 0 Å². The van der Waals surface area contributed by atoms with Gasteiger partial charge in [-0.15, -0.1) is 0 Å². The number of hydrogen-bond donors (Lipinski definition) is 1. The highest BCUT2D eigenvalue weighted by molar-refractivity contribution is 7.99. The molecule has 1 heterocycles. The Hall–Kier alpha value is -0.190. The number of nitrogens with zero attached hydrogens (tertiary/aromatic N) is 2. The third kappa shape index (κ3) is 3.03. The molecule has 0 aliphatic heterocycles. The molecule has 1 aliphatic rings. The fourth-order valence-electron chi connectivity index (χ4n) is 2.71. The second kappa shape index (κ2) is 6.31. The van der Waals surface area contributed by atoms with Gasteiger partial charge in [-0.1, -0.05) is 24.4 Å². The van der Waals surface area contributed by atoms with Crippen LogP contribution < -0.4 is 5.32 Å². The molecule has 0 saturated heterocycles. The first kappa shape index (κ1) is 14.2. The second-order valence-corrected chi connectivity index (χ2v) is 6.47. The molecular formula is C13H22ClN3S. The molecule has 1 fully saturated rings. The van der Waals surface area contributed by atoms with Crippen LogP contribution in [0.1, 0.15) is 37.1 Å². The van der Waals surface area contributed by atoms with Gasteiger partial charge in [0.1, 0.15) is 0 Å². The molecule has 18 heavy (non-hydrogen) atoms. The van der Waals surface area contributed by atoms with Crippen molar-refractivity contribution in [2.75, 3.05) is 6.26 Å². The summed E-state index contributed by atoms with van der Waals surface area (Å²) in [7, 11) is 1.96. The fraction of sp³-hybridized carbons (Fsp3) is 0.769.